The monoisotopic (exact) mass is 453 g/mol. The van der Waals surface area contributed by atoms with Gasteiger partial charge in [-0.25, -0.2) is 4.79 Å². The zero-order valence-corrected chi connectivity index (χ0v) is 19.4. The predicted octanol–water partition coefficient (Wildman–Crippen LogP) is 3.88. The second kappa shape index (κ2) is 12.3. The van der Waals surface area contributed by atoms with E-state index in [0.717, 1.165) is 16.9 Å². The molecule has 0 heterocycles. The summed E-state index contributed by atoms with van der Waals surface area (Å²) in [5.41, 5.74) is 1.84. The number of anilines is 1. The Morgan fingerprint density at radius 1 is 0.939 bits per heavy atom. The number of rotatable bonds is 9. The molecule has 2 rings (SSSR count). The number of methoxy groups -OCH3 is 1. The van der Waals surface area contributed by atoms with Gasteiger partial charge in [0.05, 0.1) is 7.11 Å². The van der Waals surface area contributed by atoms with Crippen molar-refractivity contribution in [2.75, 3.05) is 19.0 Å². The van der Waals surface area contributed by atoms with Crippen molar-refractivity contribution in [2.24, 2.45) is 0 Å². The number of nitrogens with one attached hydrogen (secondary N) is 3. The fraction of sp³-hybridized carbons (Fsp3) is 0.320. The fourth-order valence-corrected chi connectivity index (χ4v) is 2.66. The summed E-state index contributed by atoms with van der Waals surface area (Å²) >= 11 is 0. The van der Waals surface area contributed by atoms with Crippen LogP contribution in [0.15, 0.2) is 54.6 Å². The zero-order chi connectivity index (χ0) is 24.3. The van der Waals surface area contributed by atoms with Gasteiger partial charge in [-0.15, -0.1) is 0 Å². The van der Waals surface area contributed by atoms with Gasteiger partial charge in [0, 0.05) is 31.3 Å². The van der Waals surface area contributed by atoms with Crippen LogP contribution in [0.4, 0.5) is 10.5 Å². The van der Waals surface area contributed by atoms with Gasteiger partial charge < -0.3 is 25.4 Å². The van der Waals surface area contributed by atoms with Crippen molar-refractivity contribution >= 4 is 29.7 Å². The van der Waals surface area contributed by atoms with Gasteiger partial charge in [0.1, 0.15) is 11.4 Å². The van der Waals surface area contributed by atoms with Crippen LogP contribution in [0.3, 0.4) is 0 Å². The second-order valence-corrected chi connectivity index (χ2v) is 8.25. The molecule has 176 valence electrons. The van der Waals surface area contributed by atoms with E-state index in [9.17, 15) is 14.4 Å². The van der Waals surface area contributed by atoms with E-state index < -0.39 is 11.7 Å². The lowest BCUT2D eigenvalue weighted by Crippen LogP contribution is -2.35. The Balaban J connectivity index is 1.71. The van der Waals surface area contributed by atoms with Crippen LogP contribution in [-0.2, 0) is 20.9 Å². The molecule has 0 spiro atoms. The topological polar surface area (TPSA) is 106 Å². The fourth-order valence-electron chi connectivity index (χ4n) is 2.66. The first kappa shape index (κ1) is 25.5. The normalized spacial score (nSPS) is 11.0. The molecule has 8 nitrogen and oxygen atoms in total. The average Bonchev–Trinajstić information content (AvgIpc) is 2.76. The number of hydrogen-bond donors (Lipinski definition) is 3. The van der Waals surface area contributed by atoms with Crippen LogP contribution < -0.4 is 20.7 Å². The maximum atomic E-state index is 12.1. The van der Waals surface area contributed by atoms with E-state index >= 15 is 0 Å². The minimum Gasteiger partial charge on any atom is -0.497 e. The van der Waals surface area contributed by atoms with Crippen LogP contribution in [-0.4, -0.2) is 37.2 Å². The largest absolute Gasteiger partial charge is 0.497 e. The summed E-state index contributed by atoms with van der Waals surface area (Å²) in [6.45, 7) is 5.85. The maximum Gasteiger partial charge on any atom is 0.407 e. The Bertz CT molecular complexity index is 961. The summed E-state index contributed by atoms with van der Waals surface area (Å²) in [4.78, 5) is 35.6. The van der Waals surface area contributed by atoms with E-state index in [1.165, 1.54) is 6.08 Å². The standard InChI is InChI=1S/C25H31N3O5/c1-25(2,3)33-24(31)26-16-15-22(29)27-17-19-5-10-20(11-6-19)28-23(30)14-9-18-7-12-21(32-4)13-8-18/h5-14H,15-17H2,1-4H3,(H,26,31)(H,27,29)(H,28,30)/b14-9+. The number of alkyl carbamates (subject to hydrolysis) is 1. The summed E-state index contributed by atoms with van der Waals surface area (Å²) in [5.74, 6) is 0.321. The van der Waals surface area contributed by atoms with Gasteiger partial charge in [-0.1, -0.05) is 24.3 Å². The number of hydrogen-bond acceptors (Lipinski definition) is 5. The first-order valence-corrected chi connectivity index (χ1v) is 10.6. The molecule has 0 saturated carbocycles. The van der Waals surface area contributed by atoms with Crippen LogP contribution in [0.2, 0.25) is 0 Å². The van der Waals surface area contributed by atoms with Gasteiger partial charge >= 0.3 is 6.09 Å². The highest BCUT2D eigenvalue weighted by Gasteiger charge is 2.15. The van der Waals surface area contributed by atoms with Crippen molar-refractivity contribution in [1.29, 1.82) is 0 Å². The van der Waals surface area contributed by atoms with Gasteiger partial charge in [-0.2, -0.15) is 0 Å². The number of amides is 3. The highest BCUT2D eigenvalue weighted by Crippen LogP contribution is 2.13. The number of benzene rings is 2. The van der Waals surface area contributed by atoms with Gasteiger partial charge in [0.2, 0.25) is 11.8 Å². The van der Waals surface area contributed by atoms with Crippen molar-refractivity contribution < 1.29 is 23.9 Å². The van der Waals surface area contributed by atoms with Crippen molar-refractivity contribution in [1.82, 2.24) is 10.6 Å². The van der Waals surface area contributed by atoms with Crippen LogP contribution in [0, 0.1) is 0 Å². The van der Waals surface area contributed by atoms with E-state index in [1.807, 2.05) is 36.4 Å². The first-order chi connectivity index (χ1) is 15.6. The highest BCUT2D eigenvalue weighted by molar-refractivity contribution is 6.01. The Labute approximate surface area is 194 Å². The molecule has 0 radical (unpaired) electrons. The molecule has 0 aliphatic heterocycles. The summed E-state index contributed by atoms with van der Waals surface area (Å²) in [6, 6.07) is 14.6. The van der Waals surface area contributed by atoms with Gasteiger partial charge in [0.15, 0.2) is 0 Å². The van der Waals surface area contributed by atoms with Crippen molar-refractivity contribution in [3.05, 3.63) is 65.7 Å². The molecule has 0 unspecified atom stereocenters. The summed E-state index contributed by atoms with van der Waals surface area (Å²) in [7, 11) is 1.60. The molecule has 3 N–H and O–H groups in total. The zero-order valence-electron chi connectivity index (χ0n) is 19.4. The van der Waals surface area contributed by atoms with E-state index in [4.69, 9.17) is 9.47 Å². The molecule has 0 aliphatic carbocycles. The molecule has 0 aromatic heterocycles. The van der Waals surface area contributed by atoms with Crippen LogP contribution in [0.5, 0.6) is 5.75 Å². The molecule has 2 aromatic rings. The summed E-state index contributed by atoms with van der Waals surface area (Å²) < 4.78 is 10.2. The molecule has 0 atom stereocenters. The number of carbonyl (C=O) groups is 3. The second-order valence-electron chi connectivity index (χ2n) is 8.25. The molecule has 8 heteroatoms. The van der Waals surface area contributed by atoms with Crippen LogP contribution >= 0.6 is 0 Å². The van der Waals surface area contributed by atoms with Gasteiger partial charge in [-0.3, -0.25) is 9.59 Å². The maximum absolute atomic E-state index is 12.1. The molecule has 0 fully saturated rings. The highest BCUT2D eigenvalue weighted by atomic mass is 16.6. The number of carbonyl (C=O) groups excluding carboxylic acids is 3. The smallest absolute Gasteiger partial charge is 0.407 e. The van der Waals surface area contributed by atoms with Gasteiger partial charge in [-0.05, 0) is 62.2 Å². The molecular weight excluding hydrogens is 422 g/mol. The molecule has 0 bridgehead atoms. The van der Waals surface area contributed by atoms with E-state index in [0.29, 0.717) is 12.2 Å². The van der Waals surface area contributed by atoms with Crippen molar-refractivity contribution in [3.8, 4) is 5.75 Å². The predicted molar refractivity (Wildman–Crippen MR) is 128 cm³/mol. The lowest BCUT2D eigenvalue weighted by Gasteiger charge is -2.19. The van der Waals surface area contributed by atoms with Crippen molar-refractivity contribution in [2.45, 2.75) is 39.3 Å². The van der Waals surface area contributed by atoms with Crippen LogP contribution in [0.25, 0.3) is 6.08 Å². The Kier molecular flexibility index (Phi) is 9.47. The Morgan fingerprint density at radius 2 is 1.61 bits per heavy atom. The summed E-state index contributed by atoms with van der Waals surface area (Å²) in [5, 5.41) is 8.13. The molecule has 0 saturated heterocycles. The molecule has 3 amide bonds. The van der Waals surface area contributed by atoms with E-state index in [-0.39, 0.29) is 24.8 Å². The molecule has 0 aliphatic rings. The average molecular weight is 454 g/mol. The first-order valence-electron chi connectivity index (χ1n) is 10.6. The lowest BCUT2D eigenvalue weighted by molar-refractivity contribution is -0.121. The minimum absolute atomic E-state index is 0.147. The Hall–Kier alpha value is -3.81. The molecule has 33 heavy (non-hydrogen) atoms. The summed E-state index contributed by atoms with van der Waals surface area (Å²) in [6.07, 6.45) is 2.78. The number of ether oxygens (including phenoxy) is 2. The minimum atomic E-state index is -0.579. The van der Waals surface area contributed by atoms with Gasteiger partial charge in [0.25, 0.3) is 0 Å². The van der Waals surface area contributed by atoms with E-state index in [2.05, 4.69) is 16.0 Å². The van der Waals surface area contributed by atoms with Crippen molar-refractivity contribution in [3.63, 3.8) is 0 Å². The van der Waals surface area contributed by atoms with E-state index in [1.54, 1.807) is 46.1 Å². The lowest BCUT2D eigenvalue weighted by atomic mass is 10.2. The SMILES string of the molecule is COc1ccc(/C=C/C(=O)Nc2ccc(CNC(=O)CCNC(=O)OC(C)(C)C)cc2)cc1. The van der Waals surface area contributed by atoms with Crippen LogP contribution in [0.1, 0.15) is 38.3 Å². The molecular formula is C25H31N3O5. The quantitative estimate of drug-likeness (QED) is 0.500. The molecule has 2 aromatic carbocycles. The third-order valence-electron chi connectivity index (χ3n) is 4.27. The third-order valence-corrected chi connectivity index (χ3v) is 4.27. The Morgan fingerprint density at radius 3 is 2.21 bits per heavy atom. The third kappa shape index (κ3) is 10.4.